The minimum atomic E-state index is -0.172. The molecule has 0 atom stereocenters. The van der Waals surface area contributed by atoms with Gasteiger partial charge >= 0.3 is 0 Å². The van der Waals surface area contributed by atoms with Crippen LogP contribution in [-0.2, 0) is 11.2 Å². The average molecular weight is 316 g/mol. The fraction of sp³-hybridized carbons (Fsp3) is 0.0833. The van der Waals surface area contributed by atoms with Gasteiger partial charge in [-0.25, -0.2) is 0 Å². The summed E-state index contributed by atoms with van der Waals surface area (Å²) in [5.41, 5.74) is 6.77. The van der Waals surface area contributed by atoms with Crippen LogP contribution in [0.1, 0.15) is 5.56 Å². The van der Waals surface area contributed by atoms with Crippen LogP contribution in [0.4, 0.5) is 0 Å². The van der Waals surface area contributed by atoms with Gasteiger partial charge < -0.3 is 0 Å². The number of carbonyl (C=O) groups excluding carboxylic acids is 1. The normalized spacial score (nSPS) is 9.53. The summed E-state index contributed by atoms with van der Waals surface area (Å²) in [6.07, 6.45) is 2.01. The number of thiocarbonyl (C=S) groups is 1. The molecule has 0 unspecified atom stereocenters. The van der Waals surface area contributed by atoms with E-state index >= 15 is 0 Å². The summed E-state index contributed by atoms with van der Waals surface area (Å²) in [7, 11) is 0. The minimum Gasteiger partial charge on any atom is -0.283 e. The van der Waals surface area contributed by atoms with Gasteiger partial charge in [0.25, 0.3) is 0 Å². The van der Waals surface area contributed by atoms with Gasteiger partial charge in [0.1, 0.15) is 4.32 Å². The second-order valence-corrected chi connectivity index (χ2v) is 4.84. The minimum absolute atomic E-state index is 0. The van der Waals surface area contributed by atoms with Gasteiger partial charge in [-0.3, -0.25) is 20.6 Å². The van der Waals surface area contributed by atoms with Crippen LogP contribution >= 0.6 is 24.8 Å². The molecule has 2 rings (SSSR count). The molecule has 1 radical (unpaired) electrons. The number of carbonyl (C=O) groups is 1. The van der Waals surface area contributed by atoms with E-state index in [4.69, 9.17) is 0 Å². The maximum atomic E-state index is 11.6. The van der Waals surface area contributed by atoms with E-state index in [0.717, 1.165) is 16.5 Å². The molecule has 1 heterocycles. The monoisotopic (exact) mass is 316 g/mol. The van der Waals surface area contributed by atoms with Crippen molar-refractivity contribution in [2.45, 2.75) is 6.42 Å². The molecule has 0 spiro atoms. The SMILES string of the molecule is O=C(Cc1ccc2ncccc2c1)NNC(=S)S.[K]. The Morgan fingerprint density at radius 1 is 1.32 bits per heavy atom. The summed E-state index contributed by atoms with van der Waals surface area (Å²) < 4.78 is 0.228. The van der Waals surface area contributed by atoms with Crippen molar-refractivity contribution >= 4 is 97.4 Å². The number of hydrogen-bond donors (Lipinski definition) is 3. The van der Waals surface area contributed by atoms with Crippen molar-refractivity contribution in [2.75, 3.05) is 0 Å². The summed E-state index contributed by atoms with van der Waals surface area (Å²) in [6, 6.07) is 9.56. The van der Waals surface area contributed by atoms with Crippen LogP contribution in [0, 0.1) is 0 Å². The van der Waals surface area contributed by atoms with Crippen LogP contribution in [0.5, 0.6) is 0 Å². The maximum absolute atomic E-state index is 11.6. The number of aromatic nitrogens is 1. The predicted octanol–water partition coefficient (Wildman–Crippen LogP) is 1.23. The molecule has 0 saturated carbocycles. The quantitative estimate of drug-likeness (QED) is 0.338. The molecule has 7 heteroatoms. The fourth-order valence-electron chi connectivity index (χ4n) is 1.59. The van der Waals surface area contributed by atoms with E-state index in [9.17, 15) is 4.79 Å². The number of amides is 1. The third kappa shape index (κ3) is 5.46. The van der Waals surface area contributed by atoms with Gasteiger partial charge in [-0.05, 0) is 23.8 Å². The van der Waals surface area contributed by atoms with Gasteiger partial charge in [-0.1, -0.05) is 24.4 Å². The molecule has 19 heavy (non-hydrogen) atoms. The van der Waals surface area contributed by atoms with E-state index < -0.39 is 0 Å². The topological polar surface area (TPSA) is 54.0 Å². The Morgan fingerprint density at radius 2 is 2.11 bits per heavy atom. The van der Waals surface area contributed by atoms with E-state index in [0.29, 0.717) is 0 Å². The average Bonchev–Trinajstić information content (AvgIpc) is 2.36. The first kappa shape index (κ1) is 17.0. The smallest absolute Gasteiger partial charge is 0.242 e. The van der Waals surface area contributed by atoms with Gasteiger partial charge in [0, 0.05) is 63.0 Å². The Kier molecular flexibility index (Phi) is 7.44. The molecule has 0 fully saturated rings. The molecular formula is C12H11KN3OS2. The molecule has 1 aromatic carbocycles. The zero-order valence-corrected chi connectivity index (χ0v) is 15.2. The first-order chi connectivity index (χ1) is 8.65. The number of rotatable bonds is 2. The summed E-state index contributed by atoms with van der Waals surface area (Å²) in [5, 5.41) is 1.01. The number of hydrazine groups is 1. The first-order valence-electron chi connectivity index (χ1n) is 5.26. The maximum Gasteiger partial charge on any atom is 0.242 e. The van der Waals surface area contributed by atoms with Crippen molar-refractivity contribution < 1.29 is 4.79 Å². The second kappa shape index (κ2) is 8.30. The number of fused-ring (bicyclic) bond motifs is 1. The Labute approximate surface area is 164 Å². The molecule has 4 nitrogen and oxygen atoms in total. The Hall–Kier alpha value is -0.0236. The van der Waals surface area contributed by atoms with E-state index in [-0.39, 0.29) is 68.0 Å². The molecule has 0 saturated heterocycles. The van der Waals surface area contributed by atoms with Crippen molar-refractivity contribution in [2.24, 2.45) is 0 Å². The molecule has 93 valence electrons. The Balaban J connectivity index is 0.00000180. The standard InChI is InChI=1S/C12H11N3OS2.K/c16-11(14-15-12(17)18)7-8-3-4-10-9(6-8)2-1-5-13-10;/h1-6H,7H2,(H,14,16)(H2,15,17,18);. The fourth-order valence-corrected chi connectivity index (χ4v) is 1.69. The predicted molar refractivity (Wildman–Crippen MR) is 84.1 cm³/mol. The number of nitrogens with one attached hydrogen (secondary N) is 2. The molecule has 0 aliphatic carbocycles. The third-order valence-corrected chi connectivity index (χ3v) is 2.55. The van der Waals surface area contributed by atoms with Gasteiger partial charge in [0.2, 0.25) is 5.91 Å². The summed E-state index contributed by atoms with van der Waals surface area (Å²) in [4.78, 5) is 15.8. The van der Waals surface area contributed by atoms with Gasteiger partial charge in [-0.15, -0.1) is 12.6 Å². The van der Waals surface area contributed by atoms with Crippen molar-refractivity contribution in [1.82, 2.24) is 15.8 Å². The van der Waals surface area contributed by atoms with Gasteiger partial charge in [0.05, 0.1) is 11.9 Å². The third-order valence-electron chi connectivity index (χ3n) is 2.34. The number of thiol groups is 1. The Morgan fingerprint density at radius 3 is 2.84 bits per heavy atom. The molecule has 0 aliphatic rings. The van der Waals surface area contributed by atoms with Crippen molar-refractivity contribution in [1.29, 1.82) is 0 Å². The van der Waals surface area contributed by atoms with Crippen LogP contribution in [0.3, 0.4) is 0 Å². The van der Waals surface area contributed by atoms with Crippen LogP contribution in [0.25, 0.3) is 10.9 Å². The molecular weight excluding hydrogens is 305 g/mol. The first-order valence-corrected chi connectivity index (χ1v) is 6.12. The summed E-state index contributed by atoms with van der Waals surface area (Å²) in [6.45, 7) is 0. The van der Waals surface area contributed by atoms with Crippen LogP contribution in [-0.4, -0.2) is 66.6 Å². The molecule has 2 N–H and O–H groups in total. The van der Waals surface area contributed by atoms with Crippen molar-refractivity contribution in [3.05, 3.63) is 42.1 Å². The summed E-state index contributed by atoms with van der Waals surface area (Å²) in [5.74, 6) is -0.172. The van der Waals surface area contributed by atoms with Crippen molar-refractivity contribution in [3.63, 3.8) is 0 Å². The molecule has 1 aromatic heterocycles. The molecule has 2 aromatic rings. The van der Waals surface area contributed by atoms with Crippen LogP contribution in [0.2, 0.25) is 0 Å². The van der Waals surface area contributed by atoms with Crippen LogP contribution < -0.4 is 10.9 Å². The number of pyridine rings is 1. The van der Waals surface area contributed by atoms with Crippen LogP contribution in [0.15, 0.2) is 36.5 Å². The molecule has 0 bridgehead atoms. The Bertz CT molecular complexity index is 606. The van der Waals surface area contributed by atoms with E-state index in [1.54, 1.807) is 6.20 Å². The second-order valence-electron chi connectivity index (χ2n) is 3.69. The number of nitrogens with zero attached hydrogens (tertiary/aromatic N) is 1. The largest absolute Gasteiger partial charge is 0.283 e. The van der Waals surface area contributed by atoms with Gasteiger partial charge in [-0.2, -0.15) is 0 Å². The van der Waals surface area contributed by atoms with E-state index in [1.807, 2.05) is 30.3 Å². The zero-order chi connectivity index (χ0) is 13.0. The molecule has 1 amide bonds. The van der Waals surface area contributed by atoms with E-state index in [1.165, 1.54) is 0 Å². The van der Waals surface area contributed by atoms with Gasteiger partial charge in [0.15, 0.2) is 0 Å². The zero-order valence-electron chi connectivity index (χ0n) is 10.4. The van der Waals surface area contributed by atoms with E-state index in [2.05, 4.69) is 40.7 Å². The number of benzene rings is 1. The number of hydrogen-bond acceptors (Lipinski definition) is 3. The molecule has 0 aliphatic heterocycles. The van der Waals surface area contributed by atoms with Crippen molar-refractivity contribution in [3.8, 4) is 0 Å². The summed E-state index contributed by atoms with van der Waals surface area (Å²) >= 11 is 8.52.